The highest BCUT2D eigenvalue weighted by Crippen LogP contribution is 2.32. The summed E-state index contributed by atoms with van der Waals surface area (Å²) in [7, 11) is 0. The maximum absolute atomic E-state index is 12.6. The van der Waals surface area contributed by atoms with Gasteiger partial charge in [0.15, 0.2) is 0 Å². The van der Waals surface area contributed by atoms with Crippen molar-refractivity contribution in [1.29, 1.82) is 0 Å². The third-order valence-electron chi connectivity index (χ3n) is 3.84. The first-order valence-electron chi connectivity index (χ1n) is 7.11. The van der Waals surface area contributed by atoms with E-state index in [9.17, 15) is 18.0 Å². The van der Waals surface area contributed by atoms with Gasteiger partial charge in [-0.3, -0.25) is 4.79 Å². The highest BCUT2D eigenvalue weighted by Gasteiger charge is 2.32. The maximum Gasteiger partial charge on any atom is 0.416 e. The number of alkyl halides is 3. The van der Waals surface area contributed by atoms with Crippen LogP contribution in [0.2, 0.25) is 0 Å². The molecule has 1 aromatic carbocycles. The quantitative estimate of drug-likeness (QED) is 0.828. The predicted octanol–water partition coefficient (Wildman–Crippen LogP) is 3.42. The largest absolute Gasteiger partial charge is 0.416 e. The van der Waals surface area contributed by atoms with Gasteiger partial charge in [-0.15, -0.1) is 24.2 Å². The van der Waals surface area contributed by atoms with Crippen LogP contribution in [0, 0.1) is 5.92 Å². The molecule has 1 aliphatic rings. The standard InChI is InChI=1S/C15H19F3N2OS.ClH/c1-10-5-11(7-19)8-20(10)14(21)9-22-13-4-2-3-12(6-13)15(16,17)18;/h2-4,6,10-11H,5,7-9,19H2,1H3;1H. The number of amides is 1. The summed E-state index contributed by atoms with van der Waals surface area (Å²) in [5.74, 6) is 0.409. The summed E-state index contributed by atoms with van der Waals surface area (Å²) in [6.07, 6.45) is -3.48. The van der Waals surface area contributed by atoms with Crippen LogP contribution in [-0.2, 0) is 11.0 Å². The molecule has 0 aliphatic carbocycles. The minimum absolute atomic E-state index is 0. The lowest BCUT2D eigenvalue weighted by atomic mass is 10.1. The van der Waals surface area contributed by atoms with E-state index >= 15 is 0 Å². The van der Waals surface area contributed by atoms with Crippen LogP contribution in [0.25, 0.3) is 0 Å². The monoisotopic (exact) mass is 368 g/mol. The third-order valence-corrected chi connectivity index (χ3v) is 4.82. The lowest BCUT2D eigenvalue weighted by molar-refractivity contribution is -0.137. The summed E-state index contributed by atoms with van der Waals surface area (Å²) in [5, 5.41) is 0. The van der Waals surface area contributed by atoms with Crippen molar-refractivity contribution in [2.45, 2.75) is 30.5 Å². The van der Waals surface area contributed by atoms with Crippen molar-refractivity contribution >= 4 is 30.1 Å². The van der Waals surface area contributed by atoms with Gasteiger partial charge in [-0.1, -0.05) is 6.07 Å². The molecule has 130 valence electrons. The van der Waals surface area contributed by atoms with E-state index in [1.165, 1.54) is 6.07 Å². The Kier molecular flexibility index (Phi) is 7.23. The summed E-state index contributed by atoms with van der Waals surface area (Å²) in [6, 6.07) is 5.19. The zero-order valence-electron chi connectivity index (χ0n) is 12.7. The van der Waals surface area contributed by atoms with Gasteiger partial charge >= 0.3 is 6.18 Å². The number of carbonyl (C=O) groups excluding carboxylic acids is 1. The van der Waals surface area contributed by atoms with Crippen LogP contribution in [0.5, 0.6) is 0 Å². The molecule has 3 nitrogen and oxygen atoms in total. The molecule has 1 saturated heterocycles. The zero-order chi connectivity index (χ0) is 16.3. The molecule has 2 unspecified atom stereocenters. The molecule has 1 fully saturated rings. The van der Waals surface area contributed by atoms with Gasteiger partial charge in [-0.2, -0.15) is 13.2 Å². The Labute approximate surface area is 144 Å². The van der Waals surface area contributed by atoms with Gasteiger partial charge in [0.1, 0.15) is 0 Å². The first kappa shape index (κ1) is 20.1. The van der Waals surface area contributed by atoms with Crippen molar-refractivity contribution in [2.75, 3.05) is 18.8 Å². The van der Waals surface area contributed by atoms with Crippen molar-refractivity contribution in [3.8, 4) is 0 Å². The van der Waals surface area contributed by atoms with Gasteiger partial charge in [0.2, 0.25) is 5.91 Å². The fourth-order valence-electron chi connectivity index (χ4n) is 2.65. The van der Waals surface area contributed by atoms with Gasteiger partial charge in [0.25, 0.3) is 0 Å². The summed E-state index contributed by atoms with van der Waals surface area (Å²) in [5.41, 5.74) is 4.94. The van der Waals surface area contributed by atoms with E-state index in [-0.39, 0.29) is 30.1 Å². The minimum Gasteiger partial charge on any atom is -0.339 e. The Morgan fingerprint density at radius 2 is 2.13 bits per heavy atom. The predicted molar refractivity (Wildman–Crippen MR) is 87.8 cm³/mol. The van der Waals surface area contributed by atoms with Gasteiger partial charge in [-0.25, -0.2) is 0 Å². The second kappa shape index (κ2) is 8.26. The molecule has 1 amide bonds. The van der Waals surface area contributed by atoms with Crippen LogP contribution in [0.1, 0.15) is 18.9 Å². The number of benzene rings is 1. The van der Waals surface area contributed by atoms with E-state index in [1.807, 2.05) is 6.92 Å². The minimum atomic E-state index is -4.36. The molecule has 23 heavy (non-hydrogen) atoms. The lowest BCUT2D eigenvalue weighted by Gasteiger charge is -2.21. The molecule has 0 radical (unpaired) electrons. The number of likely N-dealkylation sites (tertiary alicyclic amines) is 1. The molecule has 1 aromatic rings. The average molecular weight is 369 g/mol. The Hall–Kier alpha value is -0.920. The molecular formula is C15H20ClF3N2OS. The zero-order valence-corrected chi connectivity index (χ0v) is 14.3. The Balaban J connectivity index is 0.00000264. The first-order chi connectivity index (χ1) is 10.3. The number of thioether (sulfide) groups is 1. The molecule has 0 spiro atoms. The molecule has 0 aromatic heterocycles. The molecule has 1 heterocycles. The van der Waals surface area contributed by atoms with E-state index in [0.717, 1.165) is 30.3 Å². The average Bonchev–Trinajstić information content (AvgIpc) is 2.85. The molecule has 1 aliphatic heterocycles. The van der Waals surface area contributed by atoms with Gasteiger partial charge in [0.05, 0.1) is 11.3 Å². The molecule has 2 N–H and O–H groups in total. The number of rotatable bonds is 4. The van der Waals surface area contributed by atoms with E-state index < -0.39 is 11.7 Å². The smallest absolute Gasteiger partial charge is 0.339 e. The highest BCUT2D eigenvalue weighted by atomic mass is 35.5. The molecule has 8 heteroatoms. The normalized spacial score (nSPS) is 21.2. The summed E-state index contributed by atoms with van der Waals surface area (Å²) in [4.78, 5) is 14.4. The molecular weight excluding hydrogens is 349 g/mol. The van der Waals surface area contributed by atoms with Crippen LogP contribution in [0.3, 0.4) is 0 Å². The first-order valence-corrected chi connectivity index (χ1v) is 8.09. The SMILES string of the molecule is CC1CC(CN)CN1C(=O)CSc1cccc(C(F)(F)F)c1.Cl. The lowest BCUT2D eigenvalue weighted by Crippen LogP contribution is -2.35. The Bertz CT molecular complexity index is 542. The van der Waals surface area contributed by atoms with E-state index in [0.29, 0.717) is 23.9 Å². The van der Waals surface area contributed by atoms with Crippen LogP contribution in [0.15, 0.2) is 29.2 Å². The third kappa shape index (κ3) is 5.29. The maximum atomic E-state index is 12.6. The van der Waals surface area contributed by atoms with Crippen LogP contribution in [0.4, 0.5) is 13.2 Å². The van der Waals surface area contributed by atoms with E-state index in [4.69, 9.17) is 5.73 Å². The van der Waals surface area contributed by atoms with Crippen molar-refractivity contribution < 1.29 is 18.0 Å². The van der Waals surface area contributed by atoms with Gasteiger partial charge in [-0.05, 0) is 44.0 Å². The van der Waals surface area contributed by atoms with Crippen molar-refractivity contribution in [1.82, 2.24) is 4.90 Å². The molecule has 0 bridgehead atoms. The van der Waals surface area contributed by atoms with Crippen molar-refractivity contribution in [3.63, 3.8) is 0 Å². The number of nitrogens with zero attached hydrogens (tertiary/aromatic N) is 1. The van der Waals surface area contributed by atoms with Gasteiger partial charge in [0, 0.05) is 17.5 Å². The Morgan fingerprint density at radius 1 is 1.43 bits per heavy atom. The summed E-state index contributed by atoms with van der Waals surface area (Å²) >= 11 is 1.13. The number of carbonyl (C=O) groups is 1. The fourth-order valence-corrected chi connectivity index (χ4v) is 3.49. The van der Waals surface area contributed by atoms with E-state index in [2.05, 4.69) is 0 Å². The van der Waals surface area contributed by atoms with Gasteiger partial charge < -0.3 is 10.6 Å². The molecule has 2 rings (SSSR count). The second-order valence-electron chi connectivity index (χ2n) is 5.55. The van der Waals surface area contributed by atoms with Crippen molar-refractivity contribution in [3.05, 3.63) is 29.8 Å². The second-order valence-corrected chi connectivity index (χ2v) is 6.60. The van der Waals surface area contributed by atoms with Crippen LogP contribution in [-0.4, -0.2) is 35.7 Å². The summed E-state index contributed by atoms with van der Waals surface area (Å²) < 4.78 is 37.9. The number of hydrogen-bond donors (Lipinski definition) is 1. The van der Waals surface area contributed by atoms with E-state index in [1.54, 1.807) is 11.0 Å². The Morgan fingerprint density at radius 3 is 2.70 bits per heavy atom. The number of halogens is 4. The fraction of sp³-hybridized carbons (Fsp3) is 0.533. The molecule has 2 atom stereocenters. The number of hydrogen-bond acceptors (Lipinski definition) is 3. The molecule has 0 saturated carbocycles. The van der Waals surface area contributed by atoms with Crippen molar-refractivity contribution in [2.24, 2.45) is 11.7 Å². The number of nitrogens with two attached hydrogens (primary N) is 1. The topological polar surface area (TPSA) is 46.3 Å². The highest BCUT2D eigenvalue weighted by molar-refractivity contribution is 8.00. The van der Waals surface area contributed by atoms with Crippen LogP contribution >= 0.6 is 24.2 Å². The summed E-state index contributed by atoms with van der Waals surface area (Å²) in [6.45, 7) is 3.16. The van der Waals surface area contributed by atoms with Crippen LogP contribution < -0.4 is 5.73 Å².